The number of hydrogen-bond donors (Lipinski definition) is 2. The first-order chi connectivity index (χ1) is 16.3. The average molecular weight is 503 g/mol. The van der Waals surface area contributed by atoms with Crippen LogP contribution in [0.1, 0.15) is 15.9 Å². The van der Waals surface area contributed by atoms with E-state index in [4.69, 9.17) is 5.11 Å². The van der Waals surface area contributed by atoms with Crippen LogP contribution in [0.5, 0.6) is 5.75 Å². The van der Waals surface area contributed by atoms with Crippen molar-refractivity contribution in [1.82, 2.24) is 9.80 Å². The summed E-state index contributed by atoms with van der Waals surface area (Å²) >= 11 is 0. The minimum absolute atomic E-state index is 0.0667. The van der Waals surface area contributed by atoms with E-state index in [2.05, 4.69) is 10.1 Å². The van der Waals surface area contributed by atoms with E-state index >= 15 is 0 Å². The molecule has 0 aromatic heterocycles. The highest BCUT2D eigenvalue weighted by Gasteiger charge is 2.58. The summed E-state index contributed by atoms with van der Waals surface area (Å²) in [5, 5.41) is 11.6. The van der Waals surface area contributed by atoms with Gasteiger partial charge in [0.05, 0.1) is 12.1 Å². The third-order valence-electron chi connectivity index (χ3n) is 4.90. The fourth-order valence-corrected chi connectivity index (χ4v) is 2.90. The summed E-state index contributed by atoms with van der Waals surface area (Å²) in [6.07, 6.45) is -5.70. The highest BCUT2D eigenvalue weighted by Crippen LogP contribution is 2.35. The summed E-state index contributed by atoms with van der Waals surface area (Å²) in [4.78, 5) is 26.9. The first-order valence-corrected chi connectivity index (χ1v) is 10.4. The second-order valence-electron chi connectivity index (χ2n) is 8.04. The number of benzene rings is 2. The Morgan fingerprint density at radius 2 is 1.49 bits per heavy atom. The number of rotatable bonds is 12. The van der Waals surface area contributed by atoms with Crippen molar-refractivity contribution in [3.8, 4) is 5.75 Å². The number of anilines is 1. The zero-order chi connectivity index (χ0) is 26.2. The number of alkyl halides is 5. The Morgan fingerprint density at radius 1 is 0.914 bits per heavy atom. The van der Waals surface area contributed by atoms with E-state index in [1.807, 2.05) is 11.9 Å². The van der Waals surface area contributed by atoms with Crippen LogP contribution < -0.4 is 10.1 Å². The number of likely N-dealkylation sites (N-methyl/N-ethyl adjacent to an activating group) is 2. The Morgan fingerprint density at radius 3 is 2.03 bits per heavy atom. The number of carboxylic acid groups (broad SMARTS) is 1. The Labute approximate surface area is 199 Å². The van der Waals surface area contributed by atoms with Crippen LogP contribution >= 0.6 is 0 Å². The second-order valence-corrected chi connectivity index (χ2v) is 8.04. The molecule has 0 aliphatic carbocycles. The van der Waals surface area contributed by atoms with Crippen molar-refractivity contribution in [3.05, 3.63) is 59.7 Å². The summed E-state index contributed by atoms with van der Waals surface area (Å²) in [6.45, 7) is 0.0337. The number of hydrogen-bond acceptors (Lipinski definition) is 5. The number of nitrogens with zero attached hydrogens (tertiary/aromatic N) is 2. The SMILES string of the molecule is CN(CCN(C)Cc1ccc(C(=O)O)cc1)CC(=O)Nc1ccc(OCC(F)(F)C(F)(F)F)cc1. The van der Waals surface area contributed by atoms with Crippen LogP contribution in [0.4, 0.5) is 27.6 Å². The molecule has 0 bridgehead atoms. The molecule has 0 radical (unpaired) electrons. The van der Waals surface area contributed by atoms with Gasteiger partial charge in [0.15, 0.2) is 6.61 Å². The van der Waals surface area contributed by atoms with Crippen LogP contribution in [0.15, 0.2) is 48.5 Å². The standard InChI is InChI=1S/C23H26F5N3O4/c1-30(13-16-3-5-17(6-4-16)21(33)34)11-12-31(2)14-20(32)29-18-7-9-19(10-8-18)35-15-22(24,25)23(26,27)28/h3-10H,11-15H2,1-2H3,(H,29,32)(H,33,34). The Bertz CT molecular complexity index is 982. The summed E-state index contributed by atoms with van der Waals surface area (Å²) in [6, 6.07) is 11.6. The molecule has 0 fully saturated rings. The average Bonchev–Trinajstić information content (AvgIpc) is 2.77. The highest BCUT2D eigenvalue weighted by atomic mass is 19.4. The van der Waals surface area contributed by atoms with Crippen LogP contribution in [0.3, 0.4) is 0 Å². The van der Waals surface area contributed by atoms with Crippen molar-refractivity contribution in [1.29, 1.82) is 0 Å². The van der Waals surface area contributed by atoms with E-state index in [9.17, 15) is 31.5 Å². The number of carboxylic acids is 1. The molecule has 35 heavy (non-hydrogen) atoms. The van der Waals surface area contributed by atoms with E-state index in [-0.39, 0.29) is 23.8 Å². The number of amides is 1. The molecule has 2 N–H and O–H groups in total. The van der Waals surface area contributed by atoms with Gasteiger partial charge in [-0.15, -0.1) is 0 Å². The highest BCUT2D eigenvalue weighted by molar-refractivity contribution is 5.92. The minimum Gasteiger partial charge on any atom is -0.487 e. The fraction of sp³-hybridized carbons (Fsp3) is 0.391. The van der Waals surface area contributed by atoms with Crippen LogP contribution in [0, 0.1) is 0 Å². The lowest BCUT2D eigenvalue weighted by Gasteiger charge is -2.22. The lowest BCUT2D eigenvalue weighted by Crippen LogP contribution is -2.41. The predicted molar refractivity (Wildman–Crippen MR) is 119 cm³/mol. The molecular weight excluding hydrogens is 477 g/mol. The van der Waals surface area contributed by atoms with Gasteiger partial charge in [-0.05, 0) is 56.1 Å². The molecule has 192 valence electrons. The maximum atomic E-state index is 12.9. The van der Waals surface area contributed by atoms with E-state index in [0.29, 0.717) is 25.3 Å². The second kappa shape index (κ2) is 11.9. The molecule has 1 amide bonds. The number of aromatic carboxylic acids is 1. The molecule has 2 rings (SSSR count). The van der Waals surface area contributed by atoms with Gasteiger partial charge in [0.1, 0.15) is 5.75 Å². The van der Waals surface area contributed by atoms with Crippen molar-refractivity contribution in [2.45, 2.75) is 18.6 Å². The van der Waals surface area contributed by atoms with Crippen LogP contribution in [-0.2, 0) is 11.3 Å². The van der Waals surface area contributed by atoms with E-state index < -0.39 is 24.7 Å². The molecule has 0 spiro atoms. The Kier molecular flexibility index (Phi) is 9.55. The maximum Gasteiger partial charge on any atom is 0.456 e. The van der Waals surface area contributed by atoms with Gasteiger partial charge in [-0.1, -0.05) is 12.1 Å². The molecule has 0 saturated heterocycles. The molecule has 0 aliphatic heterocycles. The van der Waals surface area contributed by atoms with Gasteiger partial charge in [-0.2, -0.15) is 22.0 Å². The smallest absolute Gasteiger partial charge is 0.456 e. The van der Waals surface area contributed by atoms with E-state index in [0.717, 1.165) is 5.56 Å². The largest absolute Gasteiger partial charge is 0.487 e. The molecule has 0 saturated carbocycles. The fourth-order valence-electron chi connectivity index (χ4n) is 2.90. The zero-order valence-electron chi connectivity index (χ0n) is 19.1. The quantitative estimate of drug-likeness (QED) is 0.427. The lowest BCUT2D eigenvalue weighted by atomic mass is 10.1. The third-order valence-corrected chi connectivity index (χ3v) is 4.90. The molecule has 7 nitrogen and oxygen atoms in total. The van der Waals surface area contributed by atoms with Gasteiger partial charge in [-0.25, -0.2) is 4.79 Å². The molecule has 0 heterocycles. The van der Waals surface area contributed by atoms with Crippen molar-refractivity contribution in [3.63, 3.8) is 0 Å². The van der Waals surface area contributed by atoms with Crippen LogP contribution in [0.2, 0.25) is 0 Å². The lowest BCUT2D eigenvalue weighted by molar-refractivity contribution is -0.290. The van der Waals surface area contributed by atoms with E-state index in [1.165, 1.54) is 24.3 Å². The number of halogens is 5. The van der Waals surface area contributed by atoms with Gasteiger partial charge in [0.25, 0.3) is 0 Å². The number of carbonyl (C=O) groups is 2. The summed E-state index contributed by atoms with van der Waals surface area (Å²) in [5.74, 6) is -6.48. The first-order valence-electron chi connectivity index (χ1n) is 10.4. The number of ether oxygens (including phenoxy) is 1. The van der Waals surface area contributed by atoms with Crippen molar-refractivity contribution >= 4 is 17.6 Å². The van der Waals surface area contributed by atoms with Crippen molar-refractivity contribution in [2.24, 2.45) is 0 Å². The van der Waals surface area contributed by atoms with Crippen LogP contribution in [-0.4, -0.2) is 79.2 Å². The Hall–Kier alpha value is -3.25. The van der Waals surface area contributed by atoms with Gasteiger partial charge < -0.3 is 20.1 Å². The van der Waals surface area contributed by atoms with Crippen molar-refractivity contribution in [2.75, 3.05) is 45.7 Å². The van der Waals surface area contributed by atoms with Gasteiger partial charge in [-0.3, -0.25) is 9.69 Å². The predicted octanol–water partition coefficient (Wildman–Crippen LogP) is 3.96. The molecule has 0 atom stereocenters. The molecule has 2 aromatic carbocycles. The molecule has 0 unspecified atom stereocenters. The first kappa shape index (κ1) is 28.0. The summed E-state index contributed by atoms with van der Waals surface area (Å²) in [7, 11) is 3.65. The molecule has 0 aliphatic rings. The summed E-state index contributed by atoms with van der Waals surface area (Å²) < 4.78 is 66.9. The molecule has 2 aromatic rings. The van der Waals surface area contributed by atoms with Gasteiger partial charge in [0, 0.05) is 25.3 Å². The van der Waals surface area contributed by atoms with Gasteiger partial charge >= 0.3 is 18.1 Å². The molecular formula is C23H26F5N3O4. The van der Waals surface area contributed by atoms with Gasteiger partial charge in [0.2, 0.25) is 5.91 Å². The number of nitrogens with one attached hydrogen (secondary N) is 1. The minimum atomic E-state index is -5.70. The zero-order valence-corrected chi connectivity index (χ0v) is 19.1. The van der Waals surface area contributed by atoms with Crippen LogP contribution in [0.25, 0.3) is 0 Å². The molecule has 12 heteroatoms. The normalized spacial score (nSPS) is 12.1. The topological polar surface area (TPSA) is 82.1 Å². The summed E-state index contributed by atoms with van der Waals surface area (Å²) in [5.41, 5.74) is 1.50. The monoisotopic (exact) mass is 503 g/mol. The van der Waals surface area contributed by atoms with E-state index in [1.54, 1.807) is 36.2 Å². The van der Waals surface area contributed by atoms with Crippen molar-refractivity contribution < 1.29 is 41.4 Å². The number of carbonyl (C=O) groups excluding carboxylic acids is 1. The Balaban J connectivity index is 1.73. The maximum absolute atomic E-state index is 12.9. The third kappa shape index (κ3) is 9.13.